The van der Waals surface area contributed by atoms with Crippen molar-refractivity contribution in [3.8, 4) is 5.69 Å². The zero-order valence-electron chi connectivity index (χ0n) is 28.0. The van der Waals surface area contributed by atoms with Crippen molar-refractivity contribution < 1.29 is 28.3 Å². The molecule has 3 N–H and O–H groups in total. The summed E-state index contributed by atoms with van der Waals surface area (Å²) < 4.78 is 28.7. The summed E-state index contributed by atoms with van der Waals surface area (Å²) in [7, 11) is 0. The minimum atomic E-state index is -1.11. The molecule has 0 bridgehead atoms. The highest BCUT2D eigenvalue weighted by molar-refractivity contribution is 6.03. The van der Waals surface area contributed by atoms with E-state index in [0.29, 0.717) is 30.9 Å². The highest BCUT2D eigenvalue weighted by Gasteiger charge is 2.32. The molecule has 10 nitrogen and oxygen atoms in total. The number of carbonyl (C=O) groups is 3. The van der Waals surface area contributed by atoms with E-state index in [9.17, 15) is 28.3 Å². The van der Waals surface area contributed by atoms with E-state index in [0.717, 1.165) is 48.9 Å². The number of nitrogens with one attached hydrogen (secondary N) is 2. The second-order valence-electron chi connectivity index (χ2n) is 12.3. The van der Waals surface area contributed by atoms with Crippen LogP contribution in [0.3, 0.4) is 0 Å². The molecule has 258 valence electrons. The molecule has 1 atom stereocenters. The number of halogens is 2. The topological polar surface area (TPSA) is 120 Å². The van der Waals surface area contributed by atoms with Crippen molar-refractivity contribution in [2.24, 2.45) is 0 Å². The second kappa shape index (κ2) is 15.9. The Balaban J connectivity index is 1.51. The highest BCUT2D eigenvalue weighted by atomic mass is 19.2. The fourth-order valence-corrected chi connectivity index (χ4v) is 5.98. The molecule has 12 heteroatoms. The van der Waals surface area contributed by atoms with Gasteiger partial charge in [-0.15, -0.1) is 0 Å². The van der Waals surface area contributed by atoms with Gasteiger partial charge in [-0.2, -0.15) is 5.10 Å². The van der Waals surface area contributed by atoms with Crippen LogP contribution in [0.2, 0.25) is 0 Å². The standard InChI is InChI=1S/C37H42F2N6O4/c1-4-6-16-43(17-7-5-2)36(48)33-18-24(3)45(42-33)34-15-13-27(40-37(49)41-28-12-14-31(38)32(39)21-28)20-30(34)35(47)44-22-26-11-9-8-10-25(26)19-29(44)23-46/h8-15,18,20-21,29,46H,4-7,16-17,19,22-23H2,1-3H3,(H2,40,41,49)/t29-/m0/s1. The Morgan fingerprint density at radius 1 is 0.898 bits per heavy atom. The molecule has 4 aromatic rings. The van der Waals surface area contributed by atoms with Crippen molar-refractivity contribution in [3.05, 3.63) is 106 Å². The molecule has 5 rings (SSSR count). The lowest BCUT2D eigenvalue weighted by molar-refractivity contribution is 0.0544. The number of hydrogen-bond acceptors (Lipinski definition) is 5. The van der Waals surface area contributed by atoms with Crippen molar-refractivity contribution in [2.45, 2.75) is 65.5 Å². The van der Waals surface area contributed by atoms with Gasteiger partial charge < -0.3 is 25.5 Å². The van der Waals surface area contributed by atoms with Gasteiger partial charge in [-0.3, -0.25) is 9.59 Å². The fraction of sp³-hybridized carbons (Fsp3) is 0.351. The predicted molar refractivity (Wildman–Crippen MR) is 184 cm³/mol. The minimum Gasteiger partial charge on any atom is -0.394 e. The third-order valence-electron chi connectivity index (χ3n) is 8.67. The molecule has 2 heterocycles. The molecule has 1 aliphatic heterocycles. The summed E-state index contributed by atoms with van der Waals surface area (Å²) in [5, 5.41) is 20.1. The van der Waals surface area contributed by atoms with Gasteiger partial charge in [-0.05, 0) is 73.7 Å². The number of aromatic nitrogens is 2. The van der Waals surface area contributed by atoms with E-state index in [4.69, 9.17) is 0 Å². The number of carbonyl (C=O) groups excluding carboxylic acids is 3. The van der Waals surface area contributed by atoms with E-state index < -0.39 is 29.6 Å². The minimum absolute atomic E-state index is 0.0402. The number of amides is 4. The van der Waals surface area contributed by atoms with Gasteiger partial charge in [0.25, 0.3) is 11.8 Å². The van der Waals surface area contributed by atoms with Crippen LogP contribution in [-0.2, 0) is 13.0 Å². The normalized spacial score (nSPS) is 13.9. The van der Waals surface area contributed by atoms with Crippen LogP contribution in [0.15, 0.2) is 66.7 Å². The number of anilines is 2. The molecule has 1 aliphatic rings. The van der Waals surface area contributed by atoms with Crippen molar-refractivity contribution in [1.82, 2.24) is 19.6 Å². The first-order chi connectivity index (χ1) is 23.6. The van der Waals surface area contributed by atoms with Gasteiger partial charge in [0.05, 0.1) is 23.9 Å². The number of fused-ring (bicyclic) bond motifs is 1. The third-order valence-corrected chi connectivity index (χ3v) is 8.67. The van der Waals surface area contributed by atoms with Crippen molar-refractivity contribution in [3.63, 3.8) is 0 Å². The van der Waals surface area contributed by atoms with Crippen LogP contribution in [0.5, 0.6) is 0 Å². The molecule has 0 saturated heterocycles. The molecular formula is C37H42F2N6O4. The number of urea groups is 1. The maximum atomic E-state index is 14.5. The van der Waals surface area contributed by atoms with Gasteiger partial charge in [0.1, 0.15) is 0 Å². The molecule has 0 spiro atoms. The first kappa shape index (κ1) is 35.2. The van der Waals surface area contributed by atoms with Crippen molar-refractivity contribution in [2.75, 3.05) is 30.3 Å². The Labute approximate surface area is 284 Å². The molecular weight excluding hydrogens is 630 g/mol. The maximum Gasteiger partial charge on any atom is 0.323 e. The van der Waals surface area contributed by atoms with Gasteiger partial charge in [0, 0.05) is 42.8 Å². The second-order valence-corrected chi connectivity index (χ2v) is 12.3. The number of benzene rings is 3. The lowest BCUT2D eigenvalue weighted by Crippen LogP contribution is -2.46. The van der Waals surface area contributed by atoms with Gasteiger partial charge in [0.15, 0.2) is 17.3 Å². The first-order valence-electron chi connectivity index (χ1n) is 16.7. The Bertz CT molecular complexity index is 1820. The first-order valence-corrected chi connectivity index (χ1v) is 16.7. The summed E-state index contributed by atoms with van der Waals surface area (Å²) in [6, 6.07) is 16.0. The Morgan fingerprint density at radius 3 is 2.20 bits per heavy atom. The van der Waals surface area contributed by atoms with Crippen molar-refractivity contribution in [1.29, 1.82) is 0 Å². The number of unbranched alkanes of at least 4 members (excludes halogenated alkanes) is 2. The van der Waals surface area contributed by atoms with E-state index in [1.165, 1.54) is 12.1 Å². The monoisotopic (exact) mass is 672 g/mol. The Hall–Kier alpha value is -5.10. The Morgan fingerprint density at radius 2 is 1.55 bits per heavy atom. The average Bonchev–Trinajstić information content (AvgIpc) is 3.49. The summed E-state index contributed by atoms with van der Waals surface area (Å²) in [4.78, 5) is 44.4. The van der Waals surface area contributed by atoms with Crippen LogP contribution in [0, 0.1) is 18.6 Å². The van der Waals surface area contributed by atoms with Gasteiger partial charge in [-0.1, -0.05) is 51.0 Å². The largest absolute Gasteiger partial charge is 0.394 e. The van der Waals surface area contributed by atoms with Crippen LogP contribution < -0.4 is 10.6 Å². The van der Waals surface area contributed by atoms with Crippen LogP contribution >= 0.6 is 0 Å². The number of rotatable bonds is 12. The highest BCUT2D eigenvalue weighted by Crippen LogP contribution is 2.29. The zero-order valence-corrected chi connectivity index (χ0v) is 28.0. The molecule has 0 unspecified atom stereocenters. The molecule has 0 aliphatic carbocycles. The number of aliphatic hydroxyl groups is 1. The molecule has 0 radical (unpaired) electrons. The molecule has 0 fully saturated rings. The van der Waals surface area contributed by atoms with E-state index in [1.54, 1.807) is 34.7 Å². The number of aliphatic hydroxyl groups excluding tert-OH is 1. The smallest absolute Gasteiger partial charge is 0.323 e. The number of aryl methyl sites for hydroxylation is 1. The van der Waals surface area contributed by atoms with Crippen LogP contribution in [0.4, 0.5) is 25.0 Å². The lowest BCUT2D eigenvalue weighted by Gasteiger charge is -2.36. The summed E-state index contributed by atoms with van der Waals surface area (Å²) in [6.45, 7) is 7.21. The quantitative estimate of drug-likeness (QED) is 0.155. The predicted octanol–water partition coefficient (Wildman–Crippen LogP) is 6.70. The van der Waals surface area contributed by atoms with Crippen molar-refractivity contribution >= 4 is 29.2 Å². The van der Waals surface area contributed by atoms with E-state index in [1.807, 2.05) is 29.2 Å². The number of hydrogen-bond donors (Lipinski definition) is 3. The Kier molecular flexibility index (Phi) is 11.4. The summed E-state index contributed by atoms with van der Waals surface area (Å²) in [5.74, 6) is -2.73. The molecule has 0 saturated carbocycles. The summed E-state index contributed by atoms with van der Waals surface area (Å²) in [5.41, 5.74) is 3.76. The fourth-order valence-electron chi connectivity index (χ4n) is 5.98. The van der Waals surface area contributed by atoms with Gasteiger partial charge in [-0.25, -0.2) is 18.3 Å². The molecule has 3 aromatic carbocycles. The summed E-state index contributed by atoms with van der Waals surface area (Å²) >= 11 is 0. The molecule has 49 heavy (non-hydrogen) atoms. The van der Waals surface area contributed by atoms with E-state index in [2.05, 4.69) is 29.6 Å². The maximum absolute atomic E-state index is 14.5. The van der Waals surface area contributed by atoms with Gasteiger partial charge >= 0.3 is 6.03 Å². The molecule has 1 aromatic heterocycles. The van der Waals surface area contributed by atoms with Crippen LogP contribution in [-0.4, -0.2) is 68.3 Å². The molecule has 4 amide bonds. The van der Waals surface area contributed by atoms with Gasteiger partial charge in [0.2, 0.25) is 0 Å². The number of nitrogens with zero attached hydrogens (tertiary/aromatic N) is 4. The third kappa shape index (κ3) is 8.14. The van der Waals surface area contributed by atoms with E-state index in [-0.39, 0.29) is 41.7 Å². The SMILES string of the molecule is CCCCN(CCCC)C(=O)c1cc(C)n(-c2ccc(NC(=O)Nc3ccc(F)c(F)c3)cc2C(=O)N2Cc3ccccc3C[C@H]2CO)n1. The van der Waals surface area contributed by atoms with Crippen LogP contribution in [0.25, 0.3) is 5.69 Å². The summed E-state index contributed by atoms with van der Waals surface area (Å²) in [6.07, 6.45) is 4.11. The van der Waals surface area contributed by atoms with Crippen LogP contribution in [0.1, 0.15) is 77.2 Å². The average molecular weight is 673 g/mol. The lowest BCUT2D eigenvalue weighted by atomic mass is 9.93. The zero-order chi connectivity index (χ0) is 35.1. The van der Waals surface area contributed by atoms with E-state index >= 15 is 0 Å².